The summed E-state index contributed by atoms with van der Waals surface area (Å²) in [6, 6.07) is 6.49. The van der Waals surface area contributed by atoms with Gasteiger partial charge in [-0.05, 0) is 18.2 Å². The van der Waals surface area contributed by atoms with E-state index in [9.17, 15) is 9.90 Å². The molecule has 3 heteroatoms. The van der Waals surface area contributed by atoms with Gasteiger partial charge in [0.05, 0.1) is 5.39 Å². The molecular weight excluding hydrogens is 168 g/mol. The number of benzene rings is 1. The van der Waals surface area contributed by atoms with E-state index >= 15 is 0 Å². The highest BCUT2D eigenvalue weighted by Gasteiger charge is 2.09. The maximum Gasteiger partial charge on any atom is 0.194 e. The van der Waals surface area contributed by atoms with E-state index in [2.05, 4.69) is 0 Å². The molecule has 0 saturated carbocycles. The zero-order valence-electron chi connectivity index (χ0n) is 7.07. The number of carbonyl (C=O) groups is 1. The third-order valence-electron chi connectivity index (χ3n) is 1.89. The first kappa shape index (κ1) is 7.86. The summed E-state index contributed by atoms with van der Waals surface area (Å²) >= 11 is 0. The molecule has 0 aliphatic rings. The van der Waals surface area contributed by atoms with Gasteiger partial charge in [0.15, 0.2) is 11.5 Å². The Kier molecular flexibility index (Phi) is 1.59. The predicted molar refractivity (Wildman–Crippen MR) is 47.9 cm³/mol. The van der Waals surface area contributed by atoms with Gasteiger partial charge in [-0.3, -0.25) is 4.79 Å². The van der Waals surface area contributed by atoms with E-state index in [1.807, 2.05) is 0 Å². The van der Waals surface area contributed by atoms with Gasteiger partial charge < -0.3 is 9.52 Å². The van der Waals surface area contributed by atoms with E-state index < -0.39 is 0 Å². The van der Waals surface area contributed by atoms with Gasteiger partial charge in [0, 0.05) is 6.92 Å². The second-order valence-electron chi connectivity index (χ2n) is 2.86. The predicted octanol–water partition coefficient (Wildman–Crippen LogP) is 2.34. The fourth-order valence-electron chi connectivity index (χ4n) is 1.22. The Morgan fingerprint density at radius 3 is 2.85 bits per heavy atom. The van der Waals surface area contributed by atoms with Crippen LogP contribution in [0.5, 0.6) is 5.75 Å². The van der Waals surface area contributed by atoms with Gasteiger partial charge in [-0.25, -0.2) is 0 Å². The Morgan fingerprint density at radius 2 is 2.23 bits per heavy atom. The van der Waals surface area contributed by atoms with Gasteiger partial charge in [-0.15, -0.1) is 0 Å². The fraction of sp³-hybridized carbons (Fsp3) is 0.100. The lowest BCUT2D eigenvalue weighted by molar-refractivity contribution is 0.0989. The highest BCUT2D eigenvalue weighted by Crippen LogP contribution is 2.27. The molecule has 0 spiro atoms. The molecule has 1 aromatic carbocycles. The Bertz CT molecular complexity index is 468. The van der Waals surface area contributed by atoms with Crippen molar-refractivity contribution in [1.29, 1.82) is 0 Å². The van der Waals surface area contributed by atoms with Gasteiger partial charge in [0.1, 0.15) is 11.3 Å². The Labute approximate surface area is 74.6 Å². The Hall–Kier alpha value is -1.77. The lowest BCUT2D eigenvalue weighted by Crippen LogP contribution is -1.85. The highest BCUT2D eigenvalue weighted by molar-refractivity contribution is 5.97. The molecular formula is C10H8O3. The molecule has 0 bridgehead atoms. The molecule has 1 heterocycles. The van der Waals surface area contributed by atoms with Crippen LogP contribution in [0.15, 0.2) is 28.7 Å². The monoisotopic (exact) mass is 176 g/mol. The molecule has 2 rings (SSSR count). The zero-order chi connectivity index (χ0) is 9.42. The van der Waals surface area contributed by atoms with Crippen LogP contribution in [0.4, 0.5) is 0 Å². The van der Waals surface area contributed by atoms with Gasteiger partial charge in [-0.2, -0.15) is 0 Å². The number of furan rings is 1. The second kappa shape index (κ2) is 2.62. The maximum absolute atomic E-state index is 11.0. The molecule has 0 aliphatic heterocycles. The van der Waals surface area contributed by atoms with Crippen molar-refractivity contribution in [2.75, 3.05) is 0 Å². The standard InChI is InChI=1S/C10H8O3/c1-6(11)10-5-7-8(12)3-2-4-9(7)13-10/h2-5,12H,1H3. The van der Waals surface area contributed by atoms with Crippen LogP contribution in [-0.4, -0.2) is 10.9 Å². The van der Waals surface area contributed by atoms with Crippen molar-refractivity contribution in [3.63, 3.8) is 0 Å². The van der Waals surface area contributed by atoms with Gasteiger partial charge in [0.25, 0.3) is 0 Å². The van der Waals surface area contributed by atoms with E-state index in [0.29, 0.717) is 11.0 Å². The number of hydrogen-bond donors (Lipinski definition) is 1. The Morgan fingerprint density at radius 1 is 1.46 bits per heavy atom. The summed E-state index contributed by atoms with van der Waals surface area (Å²) in [6.07, 6.45) is 0. The van der Waals surface area contributed by atoms with Crippen LogP contribution >= 0.6 is 0 Å². The van der Waals surface area contributed by atoms with Crippen LogP contribution in [0, 0.1) is 0 Å². The smallest absolute Gasteiger partial charge is 0.194 e. The van der Waals surface area contributed by atoms with Crippen LogP contribution in [0.2, 0.25) is 0 Å². The van der Waals surface area contributed by atoms with Crippen molar-refractivity contribution in [2.24, 2.45) is 0 Å². The van der Waals surface area contributed by atoms with Crippen LogP contribution in [-0.2, 0) is 0 Å². The summed E-state index contributed by atoms with van der Waals surface area (Å²) in [5.41, 5.74) is 0.533. The first-order chi connectivity index (χ1) is 6.18. The van der Waals surface area contributed by atoms with E-state index in [0.717, 1.165) is 0 Å². The van der Waals surface area contributed by atoms with Gasteiger partial charge in [0.2, 0.25) is 0 Å². The number of ketones is 1. The number of aromatic hydroxyl groups is 1. The molecule has 66 valence electrons. The molecule has 13 heavy (non-hydrogen) atoms. The number of Topliss-reactive ketones (excluding diaryl/α,β-unsaturated/α-hetero) is 1. The van der Waals surface area contributed by atoms with Crippen molar-refractivity contribution in [1.82, 2.24) is 0 Å². The molecule has 0 fully saturated rings. The van der Waals surface area contributed by atoms with Gasteiger partial charge in [-0.1, -0.05) is 6.07 Å². The SMILES string of the molecule is CC(=O)c1cc2c(O)cccc2o1. The van der Waals surface area contributed by atoms with Crippen molar-refractivity contribution < 1.29 is 14.3 Å². The zero-order valence-corrected chi connectivity index (χ0v) is 7.07. The molecule has 0 saturated heterocycles. The van der Waals surface area contributed by atoms with Crippen molar-refractivity contribution >= 4 is 16.8 Å². The van der Waals surface area contributed by atoms with Crippen molar-refractivity contribution in [3.8, 4) is 5.75 Å². The molecule has 3 nitrogen and oxygen atoms in total. The summed E-state index contributed by atoms with van der Waals surface area (Å²) in [5.74, 6) is 0.265. The number of fused-ring (bicyclic) bond motifs is 1. The quantitative estimate of drug-likeness (QED) is 0.678. The average Bonchev–Trinajstić information content (AvgIpc) is 2.49. The van der Waals surface area contributed by atoms with E-state index in [4.69, 9.17) is 4.42 Å². The minimum absolute atomic E-state index is 0.133. The number of hydrogen-bond acceptors (Lipinski definition) is 3. The average molecular weight is 176 g/mol. The molecule has 0 radical (unpaired) electrons. The summed E-state index contributed by atoms with van der Waals surface area (Å²) in [7, 11) is 0. The molecule has 1 aromatic heterocycles. The first-order valence-electron chi connectivity index (χ1n) is 3.91. The lowest BCUT2D eigenvalue weighted by Gasteiger charge is -1.89. The largest absolute Gasteiger partial charge is 0.507 e. The summed E-state index contributed by atoms with van der Waals surface area (Å²) < 4.78 is 5.20. The topological polar surface area (TPSA) is 50.4 Å². The summed E-state index contributed by atoms with van der Waals surface area (Å²) in [5, 5.41) is 9.97. The molecule has 0 aliphatic carbocycles. The molecule has 1 N–H and O–H groups in total. The normalized spacial score (nSPS) is 10.5. The van der Waals surface area contributed by atoms with Gasteiger partial charge >= 0.3 is 0 Å². The van der Waals surface area contributed by atoms with E-state index in [1.165, 1.54) is 6.92 Å². The molecule has 0 atom stereocenters. The fourth-order valence-corrected chi connectivity index (χ4v) is 1.22. The van der Waals surface area contributed by atoms with Crippen LogP contribution in [0.3, 0.4) is 0 Å². The van der Waals surface area contributed by atoms with E-state index in [1.54, 1.807) is 24.3 Å². The first-order valence-corrected chi connectivity index (χ1v) is 3.91. The molecule has 0 unspecified atom stereocenters. The number of phenolic OH excluding ortho intramolecular Hbond substituents is 1. The highest BCUT2D eigenvalue weighted by atomic mass is 16.3. The van der Waals surface area contributed by atoms with Crippen LogP contribution in [0.1, 0.15) is 17.5 Å². The lowest BCUT2D eigenvalue weighted by atomic mass is 10.2. The van der Waals surface area contributed by atoms with Crippen molar-refractivity contribution in [3.05, 3.63) is 30.0 Å². The van der Waals surface area contributed by atoms with Crippen molar-refractivity contribution in [2.45, 2.75) is 6.92 Å². The molecule has 0 amide bonds. The van der Waals surface area contributed by atoms with Crippen LogP contribution < -0.4 is 0 Å². The van der Waals surface area contributed by atoms with Crippen LogP contribution in [0.25, 0.3) is 11.0 Å². The summed E-state index contributed by atoms with van der Waals surface area (Å²) in [6.45, 7) is 1.43. The third-order valence-corrected chi connectivity index (χ3v) is 1.89. The third kappa shape index (κ3) is 1.18. The minimum atomic E-state index is -0.143. The molecule has 2 aromatic rings. The Balaban J connectivity index is 2.75. The summed E-state index contributed by atoms with van der Waals surface area (Å²) in [4.78, 5) is 11.0. The number of carbonyl (C=O) groups excluding carboxylic acids is 1. The number of rotatable bonds is 1. The number of phenols is 1. The van der Waals surface area contributed by atoms with E-state index in [-0.39, 0.29) is 17.3 Å². The minimum Gasteiger partial charge on any atom is -0.507 e. The second-order valence-corrected chi connectivity index (χ2v) is 2.86. The maximum atomic E-state index is 11.0.